The van der Waals surface area contributed by atoms with Gasteiger partial charge in [-0.2, -0.15) is 11.3 Å². The third-order valence-electron chi connectivity index (χ3n) is 4.23. The number of hydrogen-bond donors (Lipinski definition) is 0. The highest BCUT2D eigenvalue weighted by atomic mass is 32.1. The van der Waals surface area contributed by atoms with Crippen LogP contribution in [0.15, 0.2) is 16.8 Å². The number of rotatable bonds is 4. The van der Waals surface area contributed by atoms with Crippen LogP contribution in [0.1, 0.15) is 38.3 Å². The molecule has 2 fully saturated rings. The van der Waals surface area contributed by atoms with Gasteiger partial charge in [0.25, 0.3) is 5.91 Å². The highest BCUT2D eigenvalue weighted by Gasteiger charge is 2.39. The Kier molecular flexibility index (Phi) is 3.99. The molecule has 3 rings (SSSR count). The first-order valence-electron chi connectivity index (χ1n) is 7.45. The van der Waals surface area contributed by atoms with Crippen molar-refractivity contribution in [2.75, 3.05) is 19.8 Å². The number of likely N-dealkylation sites (tertiary alicyclic amines) is 1. The molecule has 0 radical (unpaired) electrons. The molecule has 1 aromatic heterocycles. The Morgan fingerprint density at radius 3 is 2.81 bits per heavy atom. The minimum absolute atomic E-state index is 0.0683. The van der Waals surface area contributed by atoms with Crippen LogP contribution in [0, 0.1) is 0 Å². The first-order valence-corrected chi connectivity index (χ1v) is 8.39. The fourth-order valence-electron chi connectivity index (χ4n) is 3.24. The number of amides is 3. The van der Waals surface area contributed by atoms with Crippen LogP contribution in [-0.4, -0.2) is 52.4 Å². The van der Waals surface area contributed by atoms with Gasteiger partial charge in [0.05, 0.1) is 6.67 Å². The summed E-state index contributed by atoms with van der Waals surface area (Å²) < 4.78 is 0. The van der Waals surface area contributed by atoms with E-state index in [-0.39, 0.29) is 24.5 Å². The monoisotopic (exact) mass is 307 g/mol. The van der Waals surface area contributed by atoms with E-state index in [4.69, 9.17) is 0 Å². The predicted molar refractivity (Wildman–Crippen MR) is 82.0 cm³/mol. The van der Waals surface area contributed by atoms with Crippen molar-refractivity contribution in [2.45, 2.75) is 38.8 Å². The van der Waals surface area contributed by atoms with E-state index >= 15 is 0 Å². The van der Waals surface area contributed by atoms with Crippen LogP contribution in [-0.2, 0) is 4.79 Å². The Morgan fingerprint density at radius 1 is 1.38 bits per heavy atom. The molecule has 3 heterocycles. The van der Waals surface area contributed by atoms with E-state index < -0.39 is 0 Å². The van der Waals surface area contributed by atoms with E-state index in [0.717, 1.165) is 19.4 Å². The second-order valence-corrected chi connectivity index (χ2v) is 6.79. The average molecular weight is 307 g/mol. The van der Waals surface area contributed by atoms with E-state index in [9.17, 15) is 9.59 Å². The summed E-state index contributed by atoms with van der Waals surface area (Å²) in [6.45, 7) is 5.50. The van der Waals surface area contributed by atoms with Crippen LogP contribution < -0.4 is 0 Å². The van der Waals surface area contributed by atoms with E-state index in [2.05, 4.69) is 21.7 Å². The Labute approximate surface area is 129 Å². The van der Waals surface area contributed by atoms with Gasteiger partial charge in [-0.15, -0.1) is 0 Å². The summed E-state index contributed by atoms with van der Waals surface area (Å²) in [7, 11) is 0. The molecule has 0 aromatic carbocycles. The number of carbonyl (C=O) groups excluding carboxylic acids is 2. The topological polar surface area (TPSA) is 43.9 Å². The maximum absolute atomic E-state index is 12.3. The summed E-state index contributed by atoms with van der Waals surface area (Å²) in [5.41, 5.74) is 1.33. The lowest BCUT2D eigenvalue weighted by Crippen LogP contribution is -2.42. The highest BCUT2D eigenvalue weighted by molar-refractivity contribution is 7.07. The van der Waals surface area contributed by atoms with Crippen LogP contribution in [0.2, 0.25) is 0 Å². The molecular weight excluding hydrogens is 286 g/mol. The SMILES string of the molecule is CC(C)N1C(=O)CN(CN2CCC[C@H]2c2ccsc2)C1=O. The lowest BCUT2D eigenvalue weighted by molar-refractivity contribution is -0.126. The van der Waals surface area contributed by atoms with Crippen LogP contribution in [0.5, 0.6) is 0 Å². The molecule has 5 nitrogen and oxygen atoms in total. The molecule has 0 spiro atoms. The van der Waals surface area contributed by atoms with E-state index in [1.807, 2.05) is 13.8 Å². The molecule has 0 aliphatic carbocycles. The number of carbonyl (C=O) groups is 2. The number of hydrogen-bond acceptors (Lipinski definition) is 4. The fraction of sp³-hybridized carbons (Fsp3) is 0.600. The van der Waals surface area contributed by atoms with Gasteiger partial charge in [-0.1, -0.05) is 0 Å². The Bertz CT molecular complexity index is 529. The number of imide groups is 1. The second kappa shape index (κ2) is 5.77. The van der Waals surface area contributed by atoms with Crippen molar-refractivity contribution in [3.8, 4) is 0 Å². The molecule has 2 aliphatic rings. The van der Waals surface area contributed by atoms with Crippen molar-refractivity contribution in [1.82, 2.24) is 14.7 Å². The van der Waals surface area contributed by atoms with E-state index in [1.165, 1.54) is 10.5 Å². The molecule has 3 amide bonds. The third kappa shape index (κ3) is 2.70. The summed E-state index contributed by atoms with van der Waals surface area (Å²) in [6.07, 6.45) is 2.27. The highest BCUT2D eigenvalue weighted by Crippen LogP contribution is 2.33. The van der Waals surface area contributed by atoms with Gasteiger partial charge < -0.3 is 4.90 Å². The second-order valence-electron chi connectivity index (χ2n) is 6.01. The molecule has 21 heavy (non-hydrogen) atoms. The summed E-state index contributed by atoms with van der Waals surface area (Å²) in [4.78, 5) is 29.7. The largest absolute Gasteiger partial charge is 0.328 e. The maximum atomic E-state index is 12.3. The summed E-state index contributed by atoms with van der Waals surface area (Å²) >= 11 is 1.71. The predicted octanol–water partition coefficient (Wildman–Crippen LogP) is 2.52. The summed E-state index contributed by atoms with van der Waals surface area (Å²) in [6, 6.07) is 2.32. The Balaban J connectivity index is 1.69. The molecular formula is C15H21N3O2S. The number of nitrogens with zero attached hydrogens (tertiary/aromatic N) is 3. The van der Waals surface area contributed by atoms with E-state index in [0.29, 0.717) is 12.7 Å². The van der Waals surface area contributed by atoms with Crippen LogP contribution in [0.4, 0.5) is 4.79 Å². The van der Waals surface area contributed by atoms with Gasteiger partial charge in [0, 0.05) is 18.6 Å². The van der Waals surface area contributed by atoms with Gasteiger partial charge >= 0.3 is 6.03 Å². The molecule has 0 unspecified atom stereocenters. The summed E-state index contributed by atoms with van der Waals surface area (Å²) in [5.74, 6) is -0.0821. The van der Waals surface area contributed by atoms with Gasteiger partial charge in [0.15, 0.2) is 0 Å². The first kappa shape index (κ1) is 14.5. The van der Waals surface area contributed by atoms with Crippen molar-refractivity contribution in [3.63, 3.8) is 0 Å². The molecule has 0 saturated carbocycles. The van der Waals surface area contributed by atoms with Crippen LogP contribution >= 0.6 is 11.3 Å². The van der Waals surface area contributed by atoms with Gasteiger partial charge in [-0.3, -0.25) is 14.6 Å². The zero-order chi connectivity index (χ0) is 15.0. The number of thiophene rings is 1. The van der Waals surface area contributed by atoms with Gasteiger partial charge in [0.2, 0.25) is 0 Å². The quantitative estimate of drug-likeness (QED) is 0.803. The van der Waals surface area contributed by atoms with Crippen LogP contribution in [0.3, 0.4) is 0 Å². The third-order valence-corrected chi connectivity index (χ3v) is 4.93. The first-order chi connectivity index (χ1) is 10.1. The minimum Gasteiger partial charge on any atom is -0.302 e. The molecule has 114 valence electrons. The van der Waals surface area contributed by atoms with Crippen molar-refractivity contribution >= 4 is 23.3 Å². The zero-order valence-electron chi connectivity index (χ0n) is 12.5. The Hall–Kier alpha value is -1.40. The molecule has 2 aliphatic heterocycles. The van der Waals surface area contributed by atoms with Gasteiger partial charge in [-0.05, 0) is 49.1 Å². The van der Waals surface area contributed by atoms with Gasteiger partial charge in [-0.25, -0.2) is 4.79 Å². The summed E-state index contributed by atoms with van der Waals surface area (Å²) in [5, 5.41) is 4.28. The average Bonchev–Trinajstić information content (AvgIpc) is 3.11. The smallest absolute Gasteiger partial charge is 0.302 e. The van der Waals surface area contributed by atoms with E-state index in [1.54, 1.807) is 16.2 Å². The lowest BCUT2D eigenvalue weighted by Gasteiger charge is -2.28. The number of urea groups is 1. The standard InChI is InChI=1S/C15H21N3O2S/c1-11(2)18-14(19)8-17(15(18)20)10-16-6-3-4-13(16)12-5-7-21-9-12/h5,7,9,11,13H,3-4,6,8,10H2,1-2H3/t13-/m0/s1. The van der Waals surface area contributed by atoms with Crippen molar-refractivity contribution in [1.29, 1.82) is 0 Å². The molecule has 1 aromatic rings. The Morgan fingerprint density at radius 2 is 2.19 bits per heavy atom. The molecule has 6 heteroatoms. The zero-order valence-corrected chi connectivity index (χ0v) is 13.3. The fourth-order valence-corrected chi connectivity index (χ4v) is 3.95. The normalized spacial score (nSPS) is 23.9. The lowest BCUT2D eigenvalue weighted by atomic mass is 10.1. The van der Waals surface area contributed by atoms with Crippen molar-refractivity contribution < 1.29 is 9.59 Å². The molecule has 2 saturated heterocycles. The molecule has 0 bridgehead atoms. The van der Waals surface area contributed by atoms with Crippen molar-refractivity contribution in [3.05, 3.63) is 22.4 Å². The maximum Gasteiger partial charge on any atom is 0.328 e. The molecule has 1 atom stereocenters. The van der Waals surface area contributed by atoms with Crippen molar-refractivity contribution in [2.24, 2.45) is 0 Å². The molecule has 0 N–H and O–H groups in total. The van der Waals surface area contributed by atoms with Crippen LogP contribution in [0.25, 0.3) is 0 Å². The minimum atomic E-state index is -0.147. The van der Waals surface area contributed by atoms with Gasteiger partial charge in [0.1, 0.15) is 6.54 Å².